The highest BCUT2D eigenvalue weighted by atomic mass is 32.2. The molecule has 0 spiro atoms. The quantitative estimate of drug-likeness (QED) is 0.0948. The lowest BCUT2D eigenvalue weighted by Gasteiger charge is -2.18. The first-order valence-electron chi connectivity index (χ1n) is 12.3. The van der Waals surface area contributed by atoms with Gasteiger partial charge < -0.3 is 10.4 Å². The number of sulfonamides is 1. The molecule has 40 heavy (non-hydrogen) atoms. The number of aliphatic carboxylic acids is 1. The van der Waals surface area contributed by atoms with Gasteiger partial charge in [-0.3, -0.25) is 10.1 Å². The summed E-state index contributed by atoms with van der Waals surface area (Å²) in [7, 11) is -4.05. The van der Waals surface area contributed by atoms with Gasteiger partial charge in [-0.15, -0.1) is 0 Å². The third-order valence-electron chi connectivity index (χ3n) is 5.92. The van der Waals surface area contributed by atoms with E-state index in [1.165, 1.54) is 12.1 Å². The molecule has 4 aromatic carbocycles. The van der Waals surface area contributed by atoms with Gasteiger partial charge in [0.05, 0.1) is 23.9 Å². The number of nitrogens with one attached hydrogen (secondary N) is 3. The minimum Gasteiger partial charge on any atom is -0.481 e. The van der Waals surface area contributed by atoms with Crippen LogP contribution in [0.4, 0.5) is 5.69 Å². The van der Waals surface area contributed by atoms with Crippen LogP contribution in [-0.4, -0.2) is 25.5 Å². The zero-order valence-electron chi connectivity index (χ0n) is 21.4. The summed E-state index contributed by atoms with van der Waals surface area (Å²) in [6.07, 6.45) is 1.48. The lowest BCUT2D eigenvalue weighted by atomic mass is 10.1. The summed E-state index contributed by atoms with van der Waals surface area (Å²) in [6.45, 7) is 0.371. The van der Waals surface area contributed by atoms with Gasteiger partial charge in [-0.2, -0.15) is 5.26 Å². The lowest BCUT2D eigenvalue weighted by Crippen LogP contribution is -2.30. The first-order chi connectivity index (χ1) is 19.3. The number of carboxylic acids is 1. The van der Waals surface area contributed by atoms with Crippen LogP contribution in [0.15, 0.2) is 119 Å². The number of nitriles is 1. The number of guanidine groups is 1. The zero-order valence-corrected chi connectivity index (χ0v) is 22.2. The van der Waals surface area contributed by atoms with Crippen LogP contribution in [0, 0.1) is 11.5 Å². The standard InChI is InChI=1S/C30H27N5O4S/c31-21-33-30(32-20-22-9-3-1-4-10-22)34-26-15-7-13-24(17-26)25-14-8-16-27(18-25)40(38,39)35-28(19-29(36)37)23-11-5-2-6-12-23/h1-18,28,35H,19-20H2,(H,36,37)(H2,32,33,34). The Morgan fingerprint density at radius 2 is 1.52 bits per heavy atom. The molecule has 1 atom stereocenters. The fourth-order valence-corrected chi connectivity index (χ4v) is 5.29. The monoisotopic (exact) mass is 553 g/mol. The van der Waals surface area contributed by atoms with Crippen LogP contribution in [-0.2, 0) is 21.4 Å². The molecule has 202 valence electrons. The van der Waals surface area contributed by atoms with Gasteiger partial charge in [0, 0.05) is 5.69 Å². The molecule has 0 radical (unpaired) electrons. The molecule has 0 bridgehead atoms. The fourth-order valence-electron chi connectivity index (χ4n) is 4.02. The molecule has 0 aromatic heterocycles. The number of anilines is 1. The Labute approximate surface area is 232 Å². The molecular formula is C30H27N5O4S. The van der Waals surface area contributed by atoms with Crippen LogP contribution in [0.2, 0.25) is 0 Å². The molecule has 4 N–H and O–H groups in total. The summed E-state index contributed by atoms with van der Waals surface area (Å²) < 4.78 is 29.1. The highest BCUT2D eigenvalue weighted by Crippen LogP contribution is 2.27. The van der Waals surface area contributed by atoms with Gasteiger partial charge in [0.25, 0.3) is 0 Å². The third kappa shape index (κ3) is 7.77. The van der Waals surface area contributed by atoms with Crippen molar-refractivity contribution in [2.75, 3.05) is 5.32 Å². The molecule has 0 aliphatic rings. The summed E-state index contributed by atoms with van der Waals surface area (Å²) in [5.74, 6) is -0.846. The van der Waals surface area contributed by atoms with E-state index in [-0.39, 0.29) is 10.9 Å². The Morgan fingerprint density at radius 1 is 0.875 bits per heavy atom. The summed E-state index contributed by atoms with van der Waals surface area (Å²) in [4.78, 5) is 15.9. The molecular weight excluding hydrogens is 526 g/mol. The Morgan fingerprint density at radius 3 is 2.20 bits per heavy atom. The Hall–Kier alpha value is -4.98. The summed E-state index contributed by atoms with van der Waals surface area (Å²) in [5.41, 5.74) is 3.55. The van der Waals surface area contributed by atoms with Crippen LogP contribution in [0.1, 0.15) is 23.6 Å². The van der Waals surface area contributed by atoms with Crippen LogP contribution in [0.3, 0.4) is 0 Å². The van der Waals surface area contributed by atoms with E-state index in [1.807, 2.05) is 48.7 Å². The van der Waals surface area contributed by atoms with Crippen LogP contribution in [0.5, 0.6) is 0 Å². The van der Waals surface area contributed by atoms with Gasteiger partial charge in [0.2, 0.25) is 16.0 Å². The molecule has 0 aliphatic carbocycles. The number of carboxylic acid groups (broad SMARTS) is 1. The molecule has 0 aliphatic heterocycles. The molecule has 4 aromatic rings. The second-order valence-corrected chi connectivity index (χ2v) is 10.5. The third-order valence-corrected chi connectivity index (χ3v) is 7.39. The Bertz CT molecular complexity index is 1640. The lowest BCUT2D eigenvalue weighted by molar-refractivity contribution is -0.137. The van der Waals surface area contributed by atoms with Crippen molar-refractivity contribution in [1.29, 1.82) is 5.26 Å². The maximum Gasteiger partial charge on any atom is 0.305 e. The van der Waals surface area contributed by atoms with Gasteiger partial charge in [-0.25, -0.2) is 18.1 Å². The summed E-state index contributed by atoms with van der Waals surface area (Å²) in [5, 5.41) is 24.2. The summed E-state index contributed by atoms with van der Waals surface area (Å²) >= 11 is 0. The second-order valence-electron chi connectivity index (χ2n) is 8.80. The van der Waals surface area contributed by atoms with E-state index in [4.69, 9.17) is 5.26 Å². The van der Waals surface area contributed by atoms with E-state index in [1.54, 1.807) is 54.6 Å². The first kappa shape index (κ1) is 28.0. The first-order valence-corrected chi connectivity index (χ1v) is 13.8. The van der Waals surface area contributed by atoms with Crippen molar-refractivity contribution < 1.29 is 18.3 Å². The predicted molar refractivity (Wildman–Crippen MR) is 154 cm³/mol. The maximum absolute atomic E-state index is 13.3. The normalized spacial score (nSPS) is 12.2. The van der Waals surface area contributed by atoms with E-state index >= 15 is 0 Å². The molecule has 0 fully saturated rings. The SMILES string of the molecule is N#CNC(=NCc1ccccc1)Nc1cccc(-c2cccc(S(=O)(=O)NC(CC(=O)O)c3ccccc3)c2)c1. The topological polar surface area (TPSA) is 144 Å². The molecule has 9 nitrogen and oxygen atoms in total. The minimum atomic E-state index is -4.05. The minimum absolute atomic E-state index is 0.00550. The number of carbonyl (C=O) groups is 1. The number of hydrogen-bond donors (Lipinski definition) is 4. The van der Waals surface area contributed by atoms with Gasteiger partial charge in [0.15, 0.2) is 6.19 Å². The number of benzene rings is 4. The van der Waals surface area contributed by atoms with Crippen LogP contribution < -0.4 is 15.4 Å². The molecule has 10 heteroatoms. The molecule has 0 amide bonds. The smallest absolute Gasteiger partial charge is 0.305 e. The average molecular weight is 554 g/mol. The largest absolute Gasteiger partial charge is 0.481 e. The van der Waals surface area contributed by atoms with Crippen LogP contribution in [0.25, 0.3) is 11.1 Å². The van der Waals surface area contributed by atoms with Gasteiger partial charge in [0.1, 0.15) is 0 Å². The van der Waals surface area contributed by atoms with Crippen molar-refractivity contribution in [3.8, 4) is 17.3 Å². The predicted octanol–water partition coefficient (Wildman–Crippen LogP) is 4.89. The number of nitrogens with zero attached hydrogens (tertiary/aromatic N) is 2. The van der Waals surface area contributed by atoms with E-state index < -0.39 is 28.5 Å². The second kappa shape index (κ2) is 13.2. The molecule has 0 saturated heterocycles. The van der Waals surface area contributed by atoms with Crippen LogP contribution >= 0.6 is 0 Å². The highest BCUT2D eigenvalue weighted by molar-refractivity contribution is 7.89. The number of aliphatic imine (C=N–C) groups is 1. The highest BCUT2D eigenvalue weighted by Gasteiger charge is 2.24. The average Bonchev–Trinajstić information content (AvgIpc) is 2.96. The van der Waals surface area contributed by atoms with Crippen molar-refractivity contribution in [2.45, 2.75) is 23.9 Å². The summed E-state index contributed by atoms with van der Waals surface area (Å²) in [6, 6.07) is 30.9. The fraction of sp³-hybridized carbons (Fsp3) is 0.100. The van der Waals surface area contributed by atoms with E-state index in [0.717, 1.165) is 11.1 Å². The van der Waals surface area contributed by atoms with Crippen molar-refractivity contribution in [2.24, 2.45) is 4.99 Å². The van der Waals surface area contributed by atoms with Crippen molar-refractivity contribution in [3.63, 3.8) is 0 Å². The van der Waals surface area contributed by atoms with Crippen molar-refractivity contribution >= 4 is 27.6 Å². The van der Waals surface area contributed by atoms with E-state index in [9.17, 15) is 18.3 Å². The van der Waals surface area contributed by atoms with Crippen molar-refractivity contribution in [1.82, 2.24) is 10.0 Å². The number of hydrogen-bond acceptors (Lipinski definition) is 5. The molecule has 0 saturated carbocycles. The molecule has 1 unspecified atom stereocenters. The Balaban J connectivity index is 1.56. The van der Waals surface area contributed by atoms with Gasteiger partial charge >= 0.3 is 5.97 Å². The zero-order chi connectivity index (χ0) is 28.4. The number of rotatable bonds is 10. The van der Waals surface area contributed by atoms with Crippen molar-refractivity contribution in [3.05, 3.63) is 120 Å². The van der Waals surface area contributed by atoms with E-state index in [2.05, 4.69) is 20.3 Å². The maximum atomic E-state index is 13.3. The Kier molecular flexibility index (Phi) is 9.25. The molecule has 0 heterocycles. The molecule has 4 rings (SSSR count). The van der Waals surface area contributed by atoms with Gasteiger partial charge in [-0.05, 0) is 46.5 Å². The van der Waals surface area contributed by atoms with E-state index in [0.29, 0.717) is 23.4 Å². The van der Waals surface area contributed by atoms with Gasteiger partial charge in [-0.1, -0.05) is 84.9 Å².